The molecule has 28 heavy (non-hydrogen) atoms. The lowest BCUT2D eigenvalue weighted by Gasteiger charge is -2.49. The third kappa shape index (κ3) is 2.75. The highest BCUT2D eigenvalue weighted by molar-refractivity contribution is 5.86. The highest BCUT2D eigenvalue weighted by atomic mass is 16.5. The molecule has 2 aromatic rings. The molecule has 0 spiro atoms. The third-order valence-corrected chi connectivity index (χ3v) is 7.46. The van der Waals surface area contributed by atoms with Gasteiger partial charge in [0.2, 0.25) is 0 Å². The number of benzene rings is 1. The van der Waals surface area contributed by atoms with Crippen molar-refractivity contribution < 1.29 is 9.47 Å². The average Bonchev–Trinajstić information content (AvgIpc) is 3.09. The molecular weight excluding hydrogens is 350 g/mol. The van der Waals surface area contributed by atoms with Crippen molar-refractivity contribution in [2.45, 2.75) is 38.0 Å². The van der Waals surface area contributed by atoms with Crippen LogP contribution in [0.1, 0.15) is 42.8 Å². The molecule has 1 aromatic carbocycles. The number of piperidine rings is 1. The maximum atomic E-state index is 6.60. The molecule has 2 fully saturated rings. The van der Waals surface area contributed by atoms with Crippen molar-refractivity contribution in [3.05, 3.63) is 35.5 Å². The van der Waals surface area contributed by atoms with Gasteiger partial charge in [-0.15, -0.1) is 0 Å². The minimum Gasteiger partial charge on any atom is -0.379 e. The minimum absolute atomic E-state index is 0.189. The Morgan fingerprint density at radius 3 is 2.89 bits per heavy atom. The van der Waals surface area contributed by atoms with Gasteiger partial charge in [-0.25, -0.2) is 0 Å². The first-order valence-electron chi connectivity index (χ1n) is 11.2. The Morgan fingerprint density at radius 2 is 1.96 bits per heavy atom. The van der Waals surface area contributed by atoms with Gasteiger partial charge in [-0.1, -0.05) is 18.2 Å². The SMILES string of the molecule is c1ccc2c(c1)c1c3n2[C@@H](OCCN2CCOCC2)CC2CCCN(CC1)C32. The van der Waals surface area contributed by atoms with Crippen molar-refractivity contribution in [1.82, 2.24) is 14.4 Å². The summed E-state index contributed by atoms with van der Waals surface area (Å²) in [5.74, 6) is 0.748. The van der Waals surface area contributed by atoms with Crippen LogP contribution in [0.2, 0.25) is 0 Å². The first kappa shape index (κ1) is 17.5. The summed E-state index contributed by atoms with van der Waals surface area (Å²) in [5.41, 5.74) is 4.57. The van der Waals surface area contributed by atoms with E-state index in [4.69, 9.17) is 9.47 Å². The van der Waals surface area contributed by atoms with Crippen molar-refractivity contribution in [3.8, 4) is 0 Å². The fourth-order valence-electron chi connectivity index (χ4n) is 6.20. The maximum Gasteiger partial charge on any atom is 0.134 e. The molecule has 2 unspecified atom stereocenters. The zero-order chi connectivity index (χ0) is 18.5. The summed E-state index contributed by atoms with van der Waals surface area (Å²) in [6, 6.07) is 9.63. The summed E-state index contributed by atoms with van der Waals surface area (Å²) in [6.45, 7) is 8.12. The normalized spacial score (nSPS) is 30.5. The number of nitrogens with zero attached hydrogens (tertiary/aromatic N) is 3. The van der Waals surface area contributed by atoms with E-state index < -0.39 is 0 Å². The zero-order valence-corrected chi connectivity index (χ0v) is 16.7. The van der Waals surface area contributed by atoms with Gasteiger partial charge in [-0.2, -0.15) is 0 Å². The van der Waals surface area contributed by atoms with Crippen LogP contribution in [0.4, 0.5) is 0 Å². The van der Waals surface area contributed by atoms with Gasteiger partial charge < -0.3 is 14.0 Å². The maximum absolute atomic E-state index is 6.60. The van der Waals surface area contributed by atoms with Crippen LogP contribution in [0.25, 0.3) is 10.9 Å². The Morgan fingerprint density at radius 1 is 1.07 bits per heavy atom. The van der Waals surface area contributed by atoms with Crippen LogP contribution < -0.4 is 0 Å². The molecule has 0 aliphatic carbocycles. The number of aromatic nitrogens is 1. The molecule has 0 saturated carbocycles. The molecule has 4 aliphatic heterocycles. The quantitative estimate of drug-likeness (QED) is 0.814. The van der Waals surface area contributed by atoms with E-state index in [2.05, 4.69) is 38.6 Å². The molecule has 0 N–H and O–H groups in total. The lowest BCUT2D eigenvalue weighted by atomic mass is 9.78. The molecule has 5 nitrogen and oxygen atoms in total. The van der Waals surface area contributed by atoms with Crippen LogP contribution in [0, 0.1) is 5.92 Å². The van der Waals surface area contributed by atoms with Crippen LogP contribution in [-0.4, -0.2) is 66.9 Å². The standard InChI is InChI=1S/C23H31N3O2/c1-2-6-20-18(5-1)19-7-9-25-8-3-4-17-16-21(26(20)23(19)22(17)25)28-15-12-24-10-13-27-14-11-24/h1-2,5-6,17,21-22H,3-4,7-16H2/t17?,21-,22?/m0/s1. The molecule has 6 rings (SSSR count). The van der Waals surface area contributed by atoms with E-state index in [0.717, 1.165) is 51.8 Å². The number of morpholine rings is 1. The molecule has 2 saturated heterocycles. The van der Waals surface area contributed by atoms with E-state index in [-0.39, 0.29) is 6.23 Å². The van der Waals surface area contributed by atoms with E-state index in [1.807, 2.05) is 0 Å². The predicted molar refractivity (Wildman–Crippen MR) is 110 cm³/mol. The van der Waals surface area contributed by atoms with Crippen molar-refractivity contribution in [2.75, 3.05) is 52.5 Å². The Kier molecular flexibility index (Phi) is 4.45. The molecule has 0 amide bonds. The van der Waals surface area contributed by atoms with Crippen molar-refractivity contribution >= 4 is 10.9 Å². The average molecular weight is 382 g/mol. The van der Waals surface area contributed by atoms with Gasteiger partial charge in [0.1, 0.15) is 6.23 Å². The van der Waals surface area contributed by atoms with Gasteiger partial charge in [0.25, 0.3) is 0 Å². The molecule has 0 radical (unpaired) electrons. The Bertz CT molecular complexity index is 857. The lowest BCUT2D eigenvalue weighted by molar-refractivity contribution is -0.0682. The van der Waals surface area contributed by atoms with E-state index in [1.165, 1.54) is 43.3 Å². The Labute approximate surface area is 167 Å². The summed E-state index contributed by atoms with van der Waals surface area (Å²) in [4.78, 5) is 5.23. The van der Waals surface area contributed by atoms with E-state index >= 15 is 0 Å². The van der Waals surface area contributed by atoms with Crippen molar-refractivity contribution in [2.24, 2.45) is 5.92 Å². The minimum atomic E-state index is 0.189. The van der Waals surface area contributed by atoms with Gasteiger partial charge in [-0.05, 0) is 49.8 Å². The number of hydrogen-bond donors (Lipinski definition) is 0. The molecule has 4 aliphatic rings. The highest BCUT2D eigenvalue weighted by Gasteiger charge is 2.45. The van der Waals surface area contributed by atoms with Crippen LogP contribution in [-0.2, 0) is 15.9 Å². The topological polar surface area (TPSA) is 29.9 Å². The zero-order valence-electron chi connectivity index (χ0n) is 16.7. The number of hydrogen-bond acceptors (Lipinski definition) is 4. The summed E-state index contributed by atoms with van der Waals surface area (Å²) >= 11 is 0. The molecule has 5 heterocycles. The second-order valence-corrected chi connectivity index (χ2v) is 8.90. The number of rotatable bonds is 4. The second kappa shape index (κ2) is 7.13. The summed E-state index contributed by atoms with van der Waals surface area (Å²) in [6.07, 6.45) is 5.24. The van der Waals surface area contributed by atoms with Crippen LogP contribution in [0.15, 0.2) is 24.3 Å². The highest BCUT2D eigenvalue weighted by Crippen LogP contribution is 2.51. The number of fused-ring (bicyclic) bond motifs is 3. The number of para-hydroxylation sites is 1. The summed E-state index contributed by atoms with van der Waals surface area (Å²) in [7, 11) is 0. The first-order valence-corrected chi connectivity index (χ1v) is 11.2. The fourth-order valence-corrected chi connectivity index (χ4v) is 6.20. The van der Waals surface area contributed by atoms with Gasteiger partial charge in [-0.3, -0.25) is 9.80 Å². The molecule has 1 aromatic heterocycles. The first-order chi connectivity index (χ1) is 13.9. The summed E-state index contributed by atoms with van der Waals surface area (Å²) in [5, 5.41) is 1.46. The third-order valence-electron chi connectivity index (χ3n) is 7.46. The van der Waals surface area contributed by atoms with Gasteiger partial charge in [0.05, 0.1) is 31.4 Å². The lowest BCUT2D eigenvalue weighted by Crippen LogP contribution is -2.47. The molecular formula is C23H31N3O2. The van der Waals surface area contributed by atoms with E-state index in [0.29, 0.717) is 6.04 Å². The molecule has 150 valence electrons. The van der Waals surface area contributed by atoms with Gasteiger partial charge >= 0.3 is 0 Å². The molecule has 5 heteroatoms. The summed E-state index contributed by atoms with van der Waals surface area (Å²) < 4.78 is 14.7. The molecule has 0 bridgehead atoms. The Balaban J connectivity index is 1.33. The predicted octanol–water partition coefficient (Wildman–Crippen LogP) is 3.20. The monoisotopic (exact) mass is 381 g/mol. The largest absolute Gasteiger partial charge is 0.379 e. The van der Waals surface area contributed by atoms with Gasteiger partial charge in [0.15, 0.2) is 0 Å². The van der Waals surface area contributed by atoms with Crippen molar-refractivity contribution in [3.63, 3.8) is 0 Å². The smallest absolute Gasteiger partial charge is 0.134 e. The van der Waals surface area contributed by atoms with Crippen molar-refractivity contribution in [1.29, 1.82) is 0 Å². The second-order valence-electron chi connectivity index (χ2n) is 8.90. The van der Waals surface area contributed by atoms with Gasteiger partial charge in [0, 0.05) is 37.3 Å². The van der Waals surface area contributed by atoms with E-state index in [1.54, 1.807) is 11.3 Å². The molecule has 3 atom stereocenters. The Hall–Kier alpha value is -1.40. The van der Waals surface area contributed by atoms with Crippen LogP contribution in [0.3, 0.4) is 0 Å². The fraction of sp³-hybridized carbons (Fsp3) is 0.652. The van der Waals surface area contributed by atoms with Crippen LogP contribution >= 0.6 is 0 Å². The van der Waals surface area contributed by atoms with E-state index in [9.17, 15) is 0 Å². The number of ether oxygens (including phenoxy) is 2. The van der Waals surface area contributed by atoms with Crippen LogP contribution in [0.5, 0.6) is 0 Å².